The van der Waals surface area contributed by atoms with Crippen molar-refractivity contribution in [1.82, 2.24) is 14.7 Å². The minimum Gasteiger partial charge on any atom is -0.353 e. The van der Waals surface area contributed by atoms with Crippen molar-refractivity contribution in [3.05, 3.63) is 58.9 Å². The summed E-state index contributed by atoms with van der Waals surface area (Å²) in [7, 11) is 0. The molecular weight excluding hydrogens is 370 g/mol. The average Bonchev–Trinajstić information content (AvgIpc) is 3.03. The van der Waals surface area contributed by atoms with Crippen LogP contribution in [0.3, 0.4) is 0 Å². The van der Waals surface area contributed by atoms with E-state index in [0.717, 1.165) is 35.4 Å². The van der Waals surface area contributed by atoms with Gasteiger partial charge >= 0.3 is 0 Å². The van der Waals surface area contributed by atoms with Gasteiger partial charge in [-0.1, -0.05) is 44.2 Å². The van der Waals surface area contributed by atoms with Crippen molar-refractivity contribution in [2.24, 2.45) is 0 Å². The molecular formula is C26H33N3O. The molecule has 1 N–H and O–H groups in total. The Morgan fingerprint density at radius 1 is 1.00 bits per heavy atom. The minimum atomic E-state index is 0.105. The highest BCUT2D eigenvalue weighted by Gasteiger charge is 2.20. The molecule has 4 heteroatoms. The molecule has 30 heavy (non-hydrogen) atoms. The van der Waals surface area contributed by atoms with Crippen molar-refractivity contribution < 1.29 is 4.79 Å². The van der Waals surface area contributed by atoms with Gasteiger partial charge in [-0.05, 0) is 68.5 Å². The lowest BCUT2D eigenvalue weighted by molar-refractivity contribution is -0.121. The molecule has 1 fully saturated rings. The number of benzene rings is 1. The molecule has 0 saturated heterocycles. The van der Waals surface area contributed by atoms with E-state index in [1.165, 1.54) is 48.8 Å². The molecule has 0 aliphatic heterocycles. The Hall–Kier alpha value is -2.62. The zero-order valence-corrected chi connectivity index (χ0v) is 18.5. The van der Waals surface area contributed by atoms with Crippen molar-refractivity contribution in [3.8, 4) is 11.3 Å². The second kappa shape index (κ2) is 9.03. The van der Waals surface area contributed by atoms with Gasteiger partial charge in [0.05, 0.1) is 17.8 Å². The van der Waals surface area contributed by atoms with E-state index >= 15 is 0 Å². The number of hydrogen-bond acceptors (Lipinski definition) is 2. The Kier molecular flexibility index (Phi) is 6.21. The van der Waals surface area contributed by atoms with Gasteiger partial charge in [0, 0.05) is 17.8 Å². The molecule has 2 aromatic heterocycles. The quantitative estimate of drug-likeness (QED) is 0.607. The molecule has 1 aromatic carbocycles. The van der Waals surface area contributed by atoms with Crippen molar-refractivity contribution in [2.45, 2.75) is 78.2 Å². The van der Waals surface area contributed by atoms with Gasteiger partial charge in [0.2, 0.25) is 5.91 Å². The van der Waals surface area contributed by atoms with Gasteiger partial charge in [-0.15, -0.1) is 0 Å². The number of nitrogens with one attached hydrogen (secondary N) is 1. The first-order chi connectivity index (χ1) is 14.5. The fourth-order valence-corrected chi connectivity index (χ4v) is 4.52. The number of amides is 1. The molecule has 4 nitrogen and oxygen atoms in total. The SMILES string of the molecule is Cc1ccn2c(CC(=O)NC3CCCCCCC3)c(-c3ccc(C)c(C)c3)nc2c1. The third kappa shape index (κ3) is 4.58. The number of nitrogens with zero attached hydrogens (tertiary/aromatic N) is 2. The highest BCUT2D eigenvalue weighted by atomic mass is 16.1. The van der Waals surface area contributed by atoms with Crippen LogP contribution in [0.5, 0.6) is 0 Å². The van der Waals surface area contributed by atoms with Crippen molar-refractivity contribution in [2.75, 3.05) is 0 Å². The molecule has 158 valence electrons. The van der Waals surface area contributed by atoms with Crippen molar-refractivity contribution in [1.29, 1.82) is 0 Å². The van der Waals surface area contributed by atoms with Gasteiger partial charge in [-0.25, -0.2) is 4.98 Å². The number of aromatic nitrogens is 2. The first-order valence-electron chi connectivity index (χ1n) is 11.4. The molecule has 1 saturated carbocycles. The molecule has 3 aromatic rings. The summed E-state index contributed by atoms with van der Waals surface area (Å²) in [5, 5.41) is 3.32. The van der Waals surface area contributed by atoms with E-state index in [0.29, 0.717) is 12.5 Å². The lowest BCUT2D eigenvalue weighted by Gasteiger charge is -2.21. The fourth-order valence-electron chi connectivity index (χ4n) is 4.52. The lowest BCUT2D eigenvalue weighted by Crippen LogP contribution is -2.36. The Balaban J connectivity index is 1.64. The highest BCUT2D eigenvalue weighted by molar-refractivity contribution is 5.82. The number of pyridine rings is 1. The number of imidazole rings is 1. The smallest absolute Gasteiger partial charge is 0.226 e. The van der Waals surface area contributed by atoms with Crippen LogP contribution in [0.4, 0.5) is 0 Å². The van der Waals surface area contributed by atoms with Gasteiger partial charge in [0.1, 0.15) is 5.65 Å². The van der Waals surface area contributed by atoms with E-state index in [1.807, 2.05) is 6.20 Å². The monoisotopic (exact) mass is 403 g/mol. The molecule has 1 amide bonds. The van der Waals surface area contributed by atoms with Crippen LogP contribution in [-0.4, -0.2) is 21.3 Å². The lowest BCUT2D eigenvalue weighted by atomic mass is 9.96. The number of hydrogen-bond donors (Lipinski definition) is 1. The second-order valence-electron chi connectivity index (χ2n) is 8.92. The topological polar surface area (TPSA) is 46.4 Å². The normalized spacial score (nSPS) is 15.7. The van der Waals surface area contributed by atoms with Gasteiger partial charge in [0.15, 0.2) is 0 Å². The molecule has 0 spiro atoms. The molecule has 0 atom stereocenters. The summed E-state index contributed by atoms with van der Waals surface area (Å²) in [5.41, 5.74) is 7.54. The van der Waals surface area contributed by atoms with E-state index in [2.05, 4.69) is 60.8 Å². The molecule has 0 unspecified atom stereocenters. The largest absolute Gasteiger partial charge is 0.353 e. The van der Waals surface area contributed by atoms with E-state index in [-0.39, 0.29) is 5.91 Å². The summed E-state index contributed by atoms with van der Waals surface area (Å²) >= 11 is 0. The summed E-state index contributed by atoms with van der Waals surface area (Å²) < 4.78 is 2.08. The Morgan fingerprint density at radius 2 is 1.73 bits per heavy atom. The summed E-state index contributed by atoms with van der Waals surface area (Å²) in [6.45, 7) is 6.32. The molecule has 1 aliphatic carbocycles. The summed E-state index contributed by atoms with van der Waals surface area (Å²) in [6.07, 6.45) is 10.9. The Morgan fingerprint density at radius 3 is 2.47 bits per heavy atom. The maximum atomic E-state index is 13.0. The van der Waals surface area contributed by atoms with Crippen LogP contribution in [-0.2, 0) is 11.2 Å². The van der Waals surface area contributed by atoms with Crippen molar-refractivity contribution in [3.63, 3.8) is 0 Å². The predicted octanol–water partition coefficient (Wildman–Crippen LogP) is 5.70. The first-order valence-corrected chi connectivity index (χ1v) is 11.4. The number of aryl methyl sites for hydroxylation is 3. The maximum Gasteiger partial charge on any atom is 0.226 e. The van der Waals surface area contributed by atoms with Crippen LogP contribution in [0.15, 0.2) is 36.5 Å². The molecule has 1 aliphatic rings. The van der Waals surface area contributed by atoms with Gasteiger partial charge in [-0.3, -0.25) is 4.79 Å². The average molecular weight is 404 g/mol. The molecule has 4 rings (SSSR count). The van der Waals surface area contributed by atoms with Crippen LogP contribution < -0.4 is 5.32 Å². The molecule has 0 bridgehead atoms. The number of carbonyl (C=O) groups excluding carboxylic acids is 1. The van der Waals surface area contributed by atoms with Crippen molar-refractivity contribution >= 4 is 11.6 Å². The zero-order valence-electron chi connectivity index (χ0n) is 18.5. The maximum absolute atomic E-state index is 13.0. The standard InChI is InChI=1S/C26H33N3O/c1-18-13-14-29-23(17-25(30)27-22-9-7-5-4-6-8-10-22)26(28-24(29)15-18)21-12-11-19(2)20(3)16-21/h11-16,22H,4-10,17H2,1-3H3,(H,27,30). The Labute approximate surface area is 179 Å². The van der Waals surface area contributed by atoms with E-state index in [4.69, 9.17) is 4.98 Å². The van der Waals surface area contributed by atoms with Crippen LogP contribution in [0.25, 0.3) is 16.9 Å². The third-order valence-corrected chi connectivity index (χ3v) is 6.46. The van der Waals surface area contributed by atoms with Gasteiger partial charge in [0.25, 0.3) is 0 Å². The Bertz CT molecular complexity index is 1040. The van der Waals surface area contributed by atoms with Crippen LogP contribution in [0.2, 0.25) is 0 Å². The highest BCUT2D eigenvalue weighted by Crippen LogP contribution is 2.27. The van der Waals surface area contributed by atoms with E-state index in [1.54, 1.807) is 0 Å². The number of rotatable bonds is 4. The van der Waals surface area contributed by atoms with E-state index < -0.39 is 0 Å². The van der Waals surface area contributed by atoms with Crippen LogP contribution in [0.1, 0.15) is 67.3 Å². The molecule has 0 radical (unpaired) electrons. The number of carbonyl (C=O) groups is 1. The predicted molar refractivity (Wildman–Crippen MR) is 123 cm³/mol. The summed E-state index contributed by atoms with van der Waals surface area (Å²) in [6, 6.07) is 10.9. The van der Waals surface area contributed by atoms with Gasteiger partial charge in [-0.2, -0.15) is 0 Å². The fraction of sp³-hybridized carbons (Fsp3) is 0.462. The molecule has 2 heterocycles. The summed E-state index contributed by atoms with van der Waals surface area (Å²) in [4.78, 5) is 18.0. The summed E-state index contributed by atoms with van der Waals surface area (Å²) in [5.74, 6) is 0.105. The minimum absolute atomic E-state index is 0.105. The zero-order chi connectivity index (χ0) is 21.1. The van der Waals surface area contributed by atoms with Gasteiger partial charge < -0.3 is 9.72 Å². The number of fused-ring (bicyclic) bond motifs is 1. The first kappa shape index (κ1) is 20.6. The van der Waals surface area contributed by atoms with Crippen LogP contribution in [0, 0.1) is 20.8 Å². The second-order valence-corrected chi connectivity index (χ2v) is 8.92. The van der Waals surface area contributed by atoms with E-state index in [9.17, 15) is 4.79 Å². The van der Waals surface area contributed by atoms with Crippen LogP contribution >= 0.6 is 0 Å². The third-order valence-electron chi connectivity index (χ3n) is 6.46.